The number of benzene rings is 2. The standard InChI is InChI=1S/C25H26N2O2/c1-18-14-22(19-8-4-3-5-9-19)16-24(26-18)21-11-7-13-27(17-21)25(28)20-10-6-12-23(15-20)29-2/h3-6,8-10,12,14-16,21H,7,11,13,17H2,1-2H3/t21-/m1/s1. The zero-order chi connectivity index (χ0) is 20.2. The van der Waals surface area contributed by atoms with E-state index in [1.165, 1.54) is 11.1 Å². The van der Waals surface area contributed by atoms with Crippen LogP contribution in [0.15, 0.2) is 66.7 Å². The smallest absolute Gasteiger partial charge is 0.254 e. The van der Waals surface area contributed by atoms with Gasteiger partial charge in [-0.1, -0.05) is 36.4 Å². The van der Waals surface area contributed by atoms with Gasteiger partial charge in [-0.3, -0.25) is 9.78 Å². The predicted molar refractivity (Wildman–Crippen MR) is 115 cm³/mol. The fourth-order valence-corrected chi connectivity index (χ4v) is 4.04. The molecule has 4 rings (SSSR count). The van der Waals surface area contributed by atoms with Gasteiger partial charge in [0.1, 0.15) is 5.75 Å². The van der Waals surface area contributed by atoms with Gasteiger partial charge in [0.05, 0.1) is 7.11 Å². The van der Waals surface area contributed by atoms with Crippen LogP contribution in [0.1, 0.15) is 40.5 Å². The summed E-state index contributed by atoms with van der Waals surface area (Å²) in [7, 11) is 1.62. The zero-order valence-corrected chi connectivity index (χ0v) is 17.0. The van der Waals surface area contributed by atoms with Crippen LogP contribution in [0.4, 0.5) is 0 Å². The molecule has 1 atom stereocenters. The Bertz CT molecular complexity index is 1000. The van der Waals surface area contributed by atoms with E-state index in [0.717, 1.165) is 30.8 Å². The number of carbonyl (C=O) groups excluding carboxylic acids is 1. The number of aromatic nitrogens is 1. The number of hydrogen-bond acceptors (Lipinski definition) is 3. The average Bonchev–Trinajstić information content (AvgIpc) is 2.79. The number of nitrogens with zero attached hydrogens (tertiary/aromatic N) is 2. The number of aryl methyl sites for hydroxylation is 1. The zero-order valence-electron chi connectivity index (χ0n) is 17.0. The molecule has 1 aromatic heterocycles. The molecule has 0 spiro atoms. The minimum atomic E-state index is 0.0598. The minimum absolute atomic E-state index is 0.0598. The number of amides is 1. The number of carbonyl (C=O) groups is 1. The lowest BCUT2D eigenvalue weighted by molar-refractivity contribution is 0.0705. The normalized spacial score (nSPS) is 16.5. The van der Waals surface area contributed by atoms with Crippen LogP contribution in [0, 0.1) is 6.92 Å². The van der Waals surface area contributed by atoms with Gasteiger partial charge in [-0.15, -0.1) is 0 Å². The number of ether oxygens (including phenoxy) is 1. The molecule has 2 heterocycles. The maximum Gasteiger partial charge on any atom is 0.254 e. The summed E-state index contributed by atoms with van der Waals surface area (Å²) >= 11 is 0. The summed E-state index contributed by atoms with van der Waals surface area (Å²) in [6.45, 7) is 3.52. The highest BCUT2D eigenvalue weighted by molar-refractivity contribution is 5.94. The summed E-state index contributed by atoms with van der Waals surface area (Å²) in [5, 5.41) is 0. The molecule has 2 aromatic carbocycles. The molecule has 0 N–H and O–H groups in total. The summed E-state index contributed by atoms with van der Waals surface area (Å²) in [4.78, 5) is 19.8. The summed E-state index contributed by atoms with van der Waals surface area (Å²) < 4.78 is 5.27. The van der Waals surface area contributed by atoms with Crippen molar-refractivity contribution in [2.45, 2.75) is 25.7 Å². The Hall–Kier alpha value is -3.14. The molecule has 0 bridgehead atoms. The van der Waals surface area contributed by atoms with Gasteiger partial charge in [-0.05, 0) is 61.2 Å². The first kappa shape index (κ1) is 19.2. The lowest BCUT2D eigenvalue weighted by Gasteiger charge is -2.33. The third-order valence-corrected chi connectivity index (χ3v) is 5.52. The monoisotopic (exact) mass is 386 g/mol. The van der Waals surface area contributed by atoms with Crippen molar-refractivity contribution in [3.8, 4) is 16.9 Å². The first-order valence-corrected chi connectivity index (χ1v) is 10.1. The van der Waals surface area contributed by atoms with Crippen molar-refractivity contribution < 1.29 is 9.53 Å². The highest BCUT2D eigenvalue weighted by atomic mass is 16.5. The molecule has 0 aliphatic carbocycles. The van der Waals surface area contributed by atoms with Crippen LogP contribution in [-0.4, -0.2) is 36.0 Å². The van der Waals surface area contributed by atoms with Crippen molar-refractivity contribution in [2.75, 3.05) is 20.2 Å². The van der Waals surface area contributed by atoms with Gasteiger partial charge in [0.25, 0.3) is 5.91 Å². The van der Waals surface area contributed by atoms with Crippen LogP contribution < -0.4 is 4.74 Å². The van der Waals surface area contributed by atoms with Gasteiger partial charge in [-0.2, -0.15) is 0 Å². The number of methoxy groups -OCH3 is 1. The van der Waals surface area contributed by atoms with Crippen LogP contribution in [-0.2, 0) is 0 Å². The highest BCUT2D eigenvalue weighted by Crippen LogP contribution is 2.30. The Balaban J connectivity index is 1.57. The van der Waals surface area contributed by atoms with E-state index < -0.39 is 0 Å². The van der Waals surface area contributed by atoms with Crippen LogP contribution in [0.25, 0.3) is 11.1 Å². The maximum absolute atomic E-state index is 13.1. The Labute approximate surface area is 172 Å². The quantitative estimate of drug-likeness (QED) is 0.627. The summed E-state index contributed by atoms with van der Waals surface area (Å²) in [5.41, 5.74) is 5.14. The second-order valence-corrected chi connectivity index (χ2v) is 7.61. The van der Waals surface area contributed by atoms with Crippen LogP contribution in [0.2, 0.25) is 0 Å². The van der Waals surface area contributed by atoms with Crippen molar-refractivity contribution in [1.29, 1.82) is 0 Å². The average molecular weight is 386 g/mol. The van der Waals surface area contributed by atoms with Gasteiger partial charge in [-0.25, -0.2) is 0 Å². The second-order valence-electron chi connectivity index (χ2n) is 7.61. The number of hydrogen-bond donors (Lipinski definition) is 0. The fourth-order valence-electron chi connectivity index (χ4n) is 4.04. The molecule has 4 nitrogen and oxygen atoms in total. The first-order chi connectivity index (χ1) is 14.1. The molecule has 0 radical (unpaired) electrons. The molecule has 1 amide bonds. The Morgan fingerprint density at radius 1 is 1.03 bits per heavy atom. The summed E-state index contributed by atoms with van der Waals surface area (Å²) in [6.07, 6.45) is 2.03. The van der Waals surface area contributed by atoms with E-state index in [4.69, 9.17) is 9.72 Å². The van der Waals surface area contributed by atoms with Crippen LogP contribution in [0.5, 0.6) is 5.75 Å². The molecule has 0 saturated carbocycles. The number of pyridine rings is 1. The summed E-state index contributed by atoms with van der Waals surface area (Å²) in [6, 6.07) is 22.1. The minimum Gasteiger partial charge on any atom is -0.497 e. The van der Waals surface area contributed by atoms with Gasteiger partial charge < -0.3 is 9.64 Å². The number of likely N-dealkylation sites (tertiary alicyclic amines) is 1. The number of rotatable bonds is 4. The van der Waals surface area contributed by atoms with Gasteiger partial charge >= 0.3 is 0 Å². The molecular weight excluding hydrogens is 360 g/mol. The van der Waals surface area contributed by atoms with Crippen molar-refractivity contribution in [1.82, 2.24) is 9.88 Å². The van der Waals surface area contributed by atoms with E-state index in [-0.39, 0.29) is 11.8 Å². The third kappa shape index (κ3) is 4.32. The van der Waals surface area contributed by atoms with Gasteiger partial charge in [0.2, 0.25) is 0 Å². The summed E-state index contributed by atoms with van der Waals surface area (Å²) in [5.74, 6) is 1.02. The molecule has 3 aromatic rings. The molecule has 148 valence electrons. The van der Waals surface area contributed by atoms with E-state index in [9.17, 15) is 4.79 Å². The molecule has 4 heteroatoms. The molecule has 1 aliphatic heterocycles. The molecule has 1 aliphatic rings. The predicted octanol–water partition coefficient (Wildman–Crippen LogP) is 5.09. The second kappa shape index (κ2) is 8.48. The van der Waals surface area contributed by atoms with E-state index in [1.807, 2.05) is 42.2 Å². The Morgan fingerprint density at radius 2 is 1.86 bits per heavy atom. The SMILES string of the molecule is COc1cccc(C(=O)N2CCC[C@@H](c3cc(-c4ccccc4)cc(C)n3)C2)c1. The first-order valence-electron chi connectivity index (χ1n) is 10.1. The molecule has 1 saturated heterocycles. The van der Waals surface area contributed by atoms with Crippen LogP contribution >= 0.6 is 0 Å². The Kier molecular flexibility index (Phi) is 5.61. The van der Waals surface area contributed by atoms with Gasteiger partial charge in [0, 0.05) is 36.0 Å². The van der Waals surface area contributed by atoms with Gasteiger partial charge in [0.15, 0.2) is 0 Å². The van der Waals surface area contributed by atoms with Crippen molar-refractivity contribution in [3.63, 3.8) is 0 Å². The maximum atomic E-state index is 13.1. The Morgan fingerprint density at radius 3 is 2.66 bits per heavy atom. The molecule has 29 heavy (non-hydrogen) atoms. The lowest BCUT2D eigenvalue weighted by Crippen LogP contribution is -2.39. The van der Waals surface area contributed by atoms with E-state index in [2.05, 4.69) is 36.4 Å². The van der Waals surface area contributed by atoms with Crippen LogP contribution in [0.3, 0.4) is 0 Å². The highest BCUT2D eigenvalue weighted by Gasteiger charge is 2.27. The van der Waals surface area contributed by atoms with E-state index in [0.29, 0.717) is 17.9 Å². The fraction of sp³-hybridized carbons (Fsp3) is 0.280. The van der Waals surface area contributed by atoms with E-state index >= 15 is 0 Å². The van der Waals surface area contributed by atoms with Crippen molar-refractivity contribution >= 4 is 5.91 Å². The molecule has 1 fully saturated rings. The topological polar surface area (TPSA) is 42.4 Å². The lowest BCUT2D eigenvalue weighted by atomic mass is 9.92. The molecular formula is C25H26N2O2. The molecule has 0 unspecified atom stereocenters. The number of piperidine rings is 1. The third-order valence-electron chi connectivity index (χ3n) is 5.52. The van der Waals surface area contributed by atoms with E-state index in [1.54, 1.807) is 7.11 Å². The van der Waals surface area contributed by atoms with Crippen molar-refractivity contribution in [3.05, 3.63) is 83.7 Å². The van der Waals surface area contributed by atoms with Crippen molar-refractivity contribution in [2.24, 2.45) is 0 Å². The largest absolute Gasteiger partial charge is 0.497 e.